The first-order valence-corrected chi connectivity index (χ1v) is 7.87. The van der Waals surface area contributed by atoms with Crippen LogP contribution in [-0.2, 0) is 0 Å². The van der Waals surface area contributed by atoms with E-state index >= 15 is 0 Å². The van der Waals surface area contributed by atoms with Gasteiger partial charge in [0.1, 0.15) is 0 Å². The zero-order valence-electron chi connectivity index (χ0n) is 13.4. The zero-order chi connectivity index (χ0) is 15.0. The van der Waals surface area contributed by atoms with Gasteiger partial charge < -0.3 is 0 Å². The van der Waals surface area contributed by atoms with E-state index in [-0.39, 0.29) is 0 Å². The largest absolute Gasteiger partial charge is 0.159 e. The van der Waals surface area contributed by atoms with Gasteiger partial charge in [-0.25, -0.2) is 0 Å². The van der Waals surface area contributed by atoms with Crippen LogP contribution in [0.2, 0.25) is 0 Å². The van der Waals surface area contributed by atoms with E-state index < -0.39 is 0 Å². The summed E-state index contributed by atoms with van der Waals surface area (Å²) >= 11 is 0. The minimum atomic E-state index is 0.558. The Morgan fingerprint density at radius 1 is 0.950 bits per heavy atom. The van der Waals surface area contributed by atoms with Crippen molar-refractivity contribution in [3.63, 3.8) is 0 Å². The molecule has 1 aromatic carbocycles. The normalized spacial score (nSPS) is 11.7. The Morgan fingerprint density at radius 3 is 1.75 bits per heavy atom. The van der Waals surface area contributed by atoms with Crippen LogP contribution in [0.5, 0.6) is 0 Å². The number of hydrogen-bond donors (Lipinski definition) is 0. The van der Waals surface area contributed by atoms with Crippen molar-refractivity contribution in [2.75, 3.05) is 0 Å². The summed E-state index contributed by atoms with van der Waals surface area (Å²) in [6, 6.07) is 6.59. The van der Waals surface area contributed by atoms with E-state index in [1.54, 1.807) is 0 Å². The van der Waals surface area contributed by atoms with Crippen LogP contribution < -0.4 is 0 Å². The maximum Gasteiger partial charge on any atom is 0.0926 e. The lowest BCUT2D eigenvalue weighted by Crippen LogP contribution is -2.02. The highest BCUT2D eigenvalue weighted by molar-refractivity contribution is 5.55. The van der Waals surface area contributed by atoms with Gasteiger partial charge in [-0.15, -0.1) is 0 Å². The molecule has 110 valence electrons. The Morgan fingerprint density at radius 2 is 1.40 bits per heavy atom. The van der Waals surface area contributed by atoms with Crippen LogP contribution >= 0.6 is 0 Å². The van der Waals surface area contributed by atoms with E-state index in [1.807, 2.05) is 0 Å². The van der Waals surface area contributed by atoms with E-state index in [4.69, 9.17) is 0 Å². The van der Waals surface area contributed by atoms with Crippen LogP contribution in [0, 0.1) is 0 Å². The lowest BCUT2D eigenvalue weighted by molar-refractivity contribution is 0.624. The molecule has 0 aliphatic carbocycles. The van der Waals surface area contributed by atoms with Gasteiger partial charge >= 0.3 is 0 Å². The van der Waals surface area contributed by atoms with Crippen LogP contribution in [0.25, 0.3) is 0 Å². The number of hydrogen-bond acceptors (Lipinski definition) is 2. The van der Waals surface area contributed by atoms with Crippen LogP contribution in [0.1, 0.15) is 76.3 Å². The van der Waals surface area contributed by atoms with Gasteiger partial charge in [-0.05, 0) is 48.6 Å². The first kappa shape index (κ1) is 16.6. The molecule has 1 aromatic rings. The van der Waals surface area contributed by atoms with Crippen molar-refractivity contribution in [3.8, 4) is 0 Å². The third-order valence-corrected chi connectivity index (χ3v) is 4.19. The molecule has 0 radical (unpaired) electrons. The molecule has 0 bridgehead atoms. The molecule has 0 heterocycles. The Bertz CT molecular complexity index is 410. The molecule has 2 nitrogen and oxygen atoms in total. The molecule has 0 aliphatic rings. The number of benzene rings is 1. The number of rotatable bonds is 8. The van der Waals surface area contributed by atoms with Gasteiger partial charge in [-0.2, -0.15) is 10.2 Å². The summed E-state index contributed by atoms with van der Waals surface area (Å²) in [6.07, 6.45) is 6.07. The topological polar surface area (TPSA) is 24.7 Å². The standard InChI is InChI=1S/C18H28N2/c1-6-14(7-2)16-12-11-13-17(15(8-3)9-4)18(16)20-19-10-5/h10-15H,5-9H2,1-4H3. The molecule has 20 heavy (non-hydrogen) atoms. The average molecular weight is 272 g/mol. The molecule has 1 rings (SSSR count). The quantitative estimate of drug-likeness (QED) is 0.469. The monoisotopic (exact) mass is 272 g/mol. The third-order valence-electron chi connectivity index (χ3n) is 4.19. The van der Waals surface area contributed by atoms with Crippen molar-refractivity contribution in [2.24, 2.45) is 10.2 Å². The smallest absolute Gasteiger partial charge is 0.0926 e. The predicted octanol–water partition coefficient (Wildman–Crippen LogP) is 6.72. The molecular formula is C18H28N2. The number of azo groups is 1. The summed E-state index contributed by atoms with van der Waals surface area (Å²) in [5.41, 5.74) is 3.75. The van der Waals surface area contributed by atoms with Crippen LogP contribution in [0.15, 0.2) is 41.2 Å². The fourth-order valence-corrected chi connectivity index (χ4v) is 2.91. The minimum absolute atomic E-state index is 0.558. The molecule has 0 atom stereocenters. The predicted molar refractivity (Wildman–Crippen MR) is 87.8 cm³/mol. The summed E-state index contributed by atoms with van der Waals surface area (Å²) < 4.78 is 0. The van der Waals surface area contributed by atoms with Crippen molar-refractivity contribution >= 4 is 5.69 Å². The van der Waals surface area contributed by atoms with Gasteiger partial charge in [0.15, 0.2) is 0 Å². The van der Waals surface area contributed by atoms with Crippen molar-refractivity contribution in [1.29, 1.82) is 0 Å². The van der Waals surface area contributed by atoms with Gasteiger partial charge in [0.2, 0.25) is 0 Å². The molecule has 0 spiro atoms. The number of nitrogens with zero attached hydrogens (tertiary/aromatic N) is 2. The van der Waals surface area contributed by atoms with Crippen molar-refractivity contribution in [1.82, 2.24) is 0 Å². The first-order chi connectivity index (χ1) is 9.73. The maximum absolute atomic E-state index is 4.47. The second-order valence-electron chi connectivity index (χ2n) is 5.21. The Labute approximate surface area is 124 Å². The van der Waals surface area contributed by atoms with E-state index in [9.17, 15) is 0 Å². The molecule has 0 N–H and O–H groups in total. The maximum atomic E-state index is 4.47. The van der Waals surface area contributed by atoms with Crippen LogP contribution in [0.4, 0.5) is 5.69 Å². The van der Waals surface area contributed by atoms with Gasteiger partial charge in [0.25, 0.3) is 0 Å². The molecule has 0 amide bonds. The Kier molecular flexibility index (Phi) is 7.21. The lowest BCUT2D eigenvalue weighted by Gasteiger charge is -2.21. The highest BCUT2D eigenvalue weighted by Crippen LogP contribution is 2.39. The van der Waals surface area contributed by atoms with Crippen LogP contribution in [0.3, 0.4) is 0 Å². The summed E-state index contributed by atoms with van der Waals surface area (Å²) in [5.74, 6) is 1.12. The van der Waals surface area contributed by atoms with E-state index in [1.165, 1.54) is 17.3 Å². The van der Waals surface area contributed by atoms with E-state index in [0.29, 0.717) is 11.8 Å². The molecule has 0 unspecified atom stereocenters. The highest BCUT2D eigenvalue weighted by Gasteiger charge is 2.18. The molecule has 0 saturated carbocycles. The third kappa shape index (κ3) is 3.78. The zero-order valence-corrected chi connectivity index (χ0v) is 13.4. The molecule has 0 saturated heterocycles. The van der Waals surface area contributed by atoms with E-state index in [0.717, 1.165) is 31.4 Å². The van der Waals surface area contributed by atoms with Gasteiger partial charge in [0.05, 0.1) is 5.69 Å². The van der Waals surface area contributed by atoms with Crippen molar-refractivity contribution in [2.45, 2.75) is 65.2 Å². The SMILES string of the molecule is C=CN=Nc1c(C(CC)CC)cccc1C(CC)CC. The van der Waals surface area contributed by atoms with Crippen molar-refractivity contribution in [3.05, 3.63) is 42.1 Å². The molecule has 0 fully saturated rings. The second-order valence-corrected chi connectivity index (χ2v) is 5.21. The summed E-state index contributed by atoms with van der Waals surface area (Å²) in [6.45, 7) is 12.6. The average Bonchev–Trinajstić information content (AvgIpc) is 2.49. The highest BCUT2D eigenvalue weighted by atomic mass is 15.1. The lowest BCUT2D eigenvalue weighted by atomic mass is 9.86. The molecular weight excluding hydrogens is 244 g/mol. The van der Waals surface area contributed by atoms with Crippen LogP contribution in [-0.4, -0.2) is 0 Å². The molecule has 0 aliphatic heterocycles. The summed E-state index contributed by atoms with van der Waals surface area (Å²) in [5, 5.41) is 8.52. The second kappa shape index (κ2) is 8.68. The molecule has 0 aromatic heterocycles. The first-order valence-electron chi connectivity index (χ1n) is 7.87. The fourth-order valence-electron chi connectivity index (χ4n) is 2.91. The Hall–Kier alpha value is -1.44. The fraction of sp³-hybridized carbons (Fsp3) is 0.556. The van der Waals surface area contributed by atoms with Crippen molar-refractivity contribution < 1.29 is 0 Å². The van der Waals surface area contributed by atoms with Gasteiger partial charge in [-0.1, -0.05) is 52.5 Å². The van der Waals surface area contributed by atoms with Gasteiger partial charge in [0, 0.05) is 6.20 Å². The minimum Gasteiger partial charge on any atom is -0.159 e. The molecule has 2 heteroatoms. The Balaban J connectivity index is 3.40. The van der Waals surface area contributed by atoms with Gasteiger partial charge in [-0.3, -0.25) is 0 Å². The van der Waals surface area contributed by atoms with E-state index in [2.05, 4.69) is 62.7 Å². The summed E-state index contributed by atoms with van der Waals surface area (Å²) in [7, 11) is 0. The summed E-state index contributed by atoms with van der Waals surface area (Å²) in [4.78, 5) is 0.